The highest BCUT2D eigenvalue weighted by Gasteiger charge is 2.54. The van der Waals surface area contributed by atoms with E-state index in [-0.39, 0.29) is 19.1 Å². The number of hydrogen-bond acceptors (Lipinski definition) is 7. The standard InChI is InChI=1S/C24H25N5O4/c1-26-21-20(22(31)27(24(26)32)13-6-14-30)28-15-19(16-7-4-3-5-8-16)29(23(28)25-21)17-9-11-18(33-2)12-10-17/h3-5,7-12,15,20-21,30H,6,13-14H2,1-2H3. The summed E-state index contributed by atoms with van der Waals surface area (Å²) in [6.45, 7) is 0.0754. The van der Waals surface area contributed by atoms with E-state index in [2.05, 4.69) is 0 Å². The molecule has 5 rings (SSSR count). The number of anilines is 1. The van der Waals surface area contributed by atoms with E-state index in [0.717, 1.165) is 22.7 Å². The molecule has 0 spiro atoms. The summed E-state index contributed by atoms with van der Waals surface area (Å²) in [5.41, 5.74) is 2.73. The summed E-state index contributed by atoms with van der Waals surface area (Å²) < 4.78 is 5.31. The van der Waals surface area contributed by atoms with Gasteiger partial charge in [-0.15, -0.1) is 0 Å². The number of hydrogen-bond donors (Lipinski definition) is 1. The second kappa shape index (κ2) is 8.25. The summed E-state index contributed by atoms with van der Waals surface area (Å²) >= 11 is 0. The van der Waals surface area contributed by atoms with E-state index in [4.69, 9.17) is 9.73 Å². The zero-order valence-corrected chi connectivity index (χ0v) is 18.5. The number of aliphatic hydroxyl groups is 1. The van der Waals surface area contributed by atoms with Gasteiger partial charge in [-0.3, -0.25) is 19.5 Å². The summed E-state index contributed by atoms with van der Waals surface area (Å²) in [5.74, 6) is 1.02. The number of fused-ring (bicyclic) bond motifs is 3. The van der Waals surface area contributed by atoms with Gasteiger partial charge in [-0.05, 0) is 30.7 Å². The third kappa shape index (κ3) is 3.32. The van der Waals surface area contributed by atoms with Gasteiger partial charge in [0.25, 0.3) is 5.91 Å². The van der Waals surface area contributed by atoms with Crippen LogP contribution >= 0.6 is 0 Å². The van der Waals surface area contributed by atoms with Crippen molar-refractivity contribution in [2.75, 3.05) is 32.2 Å². The van der Waals surface area contributed by atoms with Crippen LogP contribution in [0.5, 0.6) is 5.75 Å². The molecular weight excluding hydrogens is 422 g/mol. The van der Waals surface area contributed by atoms with Gasteiger partial charge in [0.2, 0.25) is 5.96 Å². The van der Waals surface area contributed by atoms with Crippen LogP contribution in [0.2, 0.25) is 0 Å². The van der Waals surface area contributed by atoms with Crippen molar-refractivity contribution in [3.05, 3.63) is 66.4 Å². The first-order valence-corrected chi connectivity index (χ1v) is 10.8. The normalized spacial score (nSPS) is 21.8. The molecule has 33 heavy (non-hydrogen) atoms. The quantitative estimate of drug-likeness (QED) is 0.730. The SMILES string of the molecule is COc1ccc(N2C(c3ccccc3)=CN3C2=NC2C3C(=O)N(CCCO)C(=O)N2C)cc1. The lowest BCUT2D eigenvalue weighted by Gasteiger charge is -2.40. The maximum atomic E-state index is 13.4. The molecule has 0 saturated carbocycles. The lowest BCUT2D eigenvalue weighted by Crippen LogP contribution is -2.64. The van der Waals surface area contributed by atoms with Crippen molar-refractivity contribution in [1.82, 2.24) is 14.7 Å². The van der Waals surface area contributed by atoms with Crippen LogP contribution < -0.4 is 9.64 Å². The number of methoxy groups -OCH3 is 1. The molecule has 2 aromatic carbocycles. The number of urea groups is 1. The minimum atomic E-state index is -0.664. The van der Waals surface area contributed by atoms with Crippen LogP contribution in [0.4, 0.5) is 10.5 Å². The summed E-state index contributed by atoms with van der Waals surface area (Å²) in [5, 5.41) is 9.21. The monoisotopic (exact) mass is 447 g/mol. The van der Waals surface area contributed by atoms with Crippen LogP contribution in [-0.2, 0) is 4.79 Å². The number of guanidine groups is 1. The third-order valence-electron chi connectivity index (χ3n) is 6.15. The van der Waals surface area contributed by atoms with E-state index >= 15 is 0 Å². The van der Waals surface area contributed by atoms with Crippen LogP contribution in [0.3, 0.4) is 0 Å². The lowest BCUT2D eigenvalue weighted by atomic mass is 10.1. The predicted octanol–water partition coefficient (Wildman–Crippen LogP) is 2.16. The number of benzene rings is 2. The minimum absolute atomic E-state index is 0.0936. The second-order valence-electron chi connectivity index (χ2n) is 8.07. The summed E-state index contributed by atoms with van der Waals surface area (Å²) in [6, 6.07) is 16.5. The van der Waals surface area contributed by atoms with E-state index in [9.17, 15) is 14.7 Å². The lowest BCUT2D eigenvalue weighted by molar-refractivity contribution is -0.136. The van der Waals surface area contributed by atoms with Crippen LogP contribution in [-0.4, -0.2) is 77.2 Å². The molecule has 0 radical (unpaired) electrons. The molecule has 2 aromatic rings. The van der Waals surface area contributed by atoms with Crippen molar-refractivity contribution in [3.8, 4) is 5.75 Å². The zero-order valence-electron chi connectivity index (χ0n) is 18.5. The molecule has 2 atom stereocenters. The van der Waals surface area contributed by atoms with Crippen LogP contribution in [0.1, 0.15) is 12.0 Å². The molecule has 1 fully saturated rings. The first kappa shape index (κ1) is 21.0. The molecule has 1 saturated heterocycles. The first-order chi connectivity index (χ1) is 16.0. The van der Waals surface area contributed by atoms with Crippen molar-refractivity contribution in [1.29, 1.82) is 0 Å². The van der Waals surface area contributed by atoms with Gasteiger partial charge in [-0.2, -0.15) is 0 Å². The maximum Gasteiger partial charge on any atom is 0.328 e. The molecule has 170 valence electrons. The average molecular weight is 447 g/mol. The number of carbonyl (C=O) groups is 2. The predicted molar refractivity (Wildman–Crippen MR) is 123 cm³/mol. The fraction of sp³-hybridized carbons (Fsp3) is 0.292. The number of carbonyl (C=O) groups excluding carboxylic acids is 2. The van der Waals surface area contributed by atoms with Gasteiger partial charge in [-0.1, -0.05) is 30.3 Å². The number of nitrogens with zero attached hydrogens (tertiary/aromatic N) is 5. The molecule has 9 heteroatoms. The molecule has 0 bridgehead atoms. The van der Waals surface area contributed by atoms with Crippen molar-refractivity contribution < 1.29 is 19.4 Å². The smallest absolute Gasteiger partial charge is 0.328 e. The Hall–Kier alpha value is -3.85. The molecule has 3 amide bonds. The van der Waals surface area contributed by atoms with Crippen LogP contribution in [0.15, 0.2) is 65.8 Å². The van der Waals surface area contributed by atoms with Gasteiger partial charge in [0, 0.05) is 37.7 Å². The number of aliphatic hydroxyl groups excluding tert-OH is 1. The largest absolute Gasteiger partial charge is 0.497 e. The van der Waals surface area contributed by atoms with E-state index in [1.54, 1.807) is 14.2 Å². The van der Waals surface area contributed by atoms with Crippen molar-refractivity contribution in [3.63, 3.8) is 0 Å². The number of rotatable bonds is 6. The summed E-state index contributed by atoms with van der Waals surface area (Å²) in [7, 11) is 3.28. The Morgan fingerprint density at radius 1 is 1.06 bits per heavy atom. The highest BCUT2D eigenvalue weighted by Crippen LogP contribution is 2.40. The van der Waals surface area contributed by atoms with E-state index in [0.29, 0.717) is 12.4 Å². The molecule has 3 aliphatic heterocycles. The summed E-state index contributed by atoms with van der Waals surface area (Å²) in [4.78, 5) is 37.6. The second-order valence-corrected chi connectivity index (χ2v) is 8.07. The van der Waals surface area contributed by atoms with Gasteiger partial charge in [-0.25, -0.2) is 9.79 Å². The Balaban J connectivity index is 1.58. The number of ether oxygens (including phenoxy) is 1. The van der Waals surface area contributed by atoms with Gasteiger partial charge in [0.05, 0.1) is 12.8 Å². The summed E-state index contributed by atoms with van der Waals surface area (Å²) in [6.07, 6.45) is 1.63. The Morgan fingerprint density at radius 3 is 2.45 bits per heavy atom. The zero-order chi connectivity index (χ0) is 23.1. The Morgan fingerprint density at radius 2 is 1.79 bits per heavy atom. The van der Waals surface area contributed by atoms with Crippen molar-refractivity contribution >= 4 is 29.3 Å². The van der Waals surface area contributed by atoms with Gasteiger partial charge in [0.1, 0.15) is 5.75 Å². The fourth-order valence-electron chi connectivity index (χ4n) is 4.47. The Labute approximate surface area is 191 Å². The van der Waals surface area contributed by atoms with E-state index < -0.39 is 18.2 Å². The Kier molecular flexibility index (Phi) is 5.26. The van der Waals surface area contributed by atoms with Gasteiger partial charge in [0.15, 0.2) is 12.2 Å². The minimum Gasteiger partial charge on any atom is -0.497 e. The van der Waals surface area contributed by atoms with Crippen molar-refractivity contribution in [2.24, 2.45) is 4.99 Å². The molecular formula is C24H25N5O4. The number of aliphatic imine (C=N–C) groups is 1. The van der Waals surface area contributed by atoms with Crippen LogP contribution in [0, 0.1) is 0 Å². The third-order valence-corrected chi connectivity index (χ3v) is 6.15. The van der Waals surface area contributed by atoms with Gasteiger partial charge < -0.3 is 14.7 Å². The molecule has 0 aliphatic carbocycles. The molecule has 0 aromatic heterocycles. The molecule has 3 heterocycles. The van der Waals surface area contributed by atoms with Crippen LogP contribution in [0.25, 0.3) is 5.70 Å². The molecule has 1 N–H and O–H groups in total. The maximum absolute atomic E-state index is 13.4. The van der Waals surface area contributed by atoms with E-state index in [1.807, 2.05) is 70.6 Å². The van der Waals surface area contributed by atoms with E-state index in [1.165, 1.54) is 9.80 Å². The molecule has 9 nitrogen and oxygen atoms in total. The fourth-order valence-corrected chi connectivity index (χ4v) is 4.47. The highest BCUT2D eigenvalue weighted by molar-refractivity contribution is 6.16. The number of imide groups is 1. The number of amides is 3. The number of likely N-dealkylation sites (N-methyl/N-ethyl adjacent to an activating group) is 1. The molecule has 2 unspecified atom stereocenters. The average Bonchev–Trinajstić information content (AvgIpc) is 3.40. The van der Waals surface area contributed by atoms with Crippen molar-refractivity contribution in [2.45, 2.75) is 18.6 Å². The topological polar surface area (TPSA) is 88.9 Å². The molecule has 3 aliphatic rings. The Bertz CT molecular complexity index is 1130. The highest BCUT2D eigenvalue weighted by atomic mass is 16.5. The first-order valence-electron chi connectivity index (χ1n) is 10.8. The van der Waals surface area contributed by atoms with Gasteiger partial charge >= 0.3 is 6.03 Å².